The zero-order chi connectivity index (χ0) is 19.2. The van der Waals surface area contributed by atoms with E-state index in [1.807, 2.05) is 47.4 Å². The summed E-state index contributed by atoms with van der Waals surface area (Å²) in [5.74, 6) is -1.10. The number of nitrogens with zero attached hydrogens (tertiary/aromatic N) is 1. The zero-order valence-electron chi connectivity index (χ0n) is 14.3. The van der Waals surface area contributed by atoms with Gasteiger partial charge >= 0.3 is 11.7 Å². The lowest BCUT2D eigenvalue weighted by molar-refractivity contribution is -0.143. The number of carbonyl (C=O) groups excluding carboxylic acids is 2. The van der Waals surface area contributed by atoms with Crippen molar-refractivity contribution in [2.24, 2.45) is 0 Å². The molecule has 7 heteroatoms. The molecule has 0 aliphatic carbocycles. The maximum Gasteiger partial charge on any atom is 0.328 e. The minimum atomic E-state index is -0.751. The molecule has 0 aliphatic rings. The first-order valence-corrected chi connectivity index (χ1v) is 8.17. The summed E-state index contributed by atoms with van der Waals surface area (Å²) >= 11 is 0. The molecule has 0 unspecified atom stereocenters. The third-order valence-electron chi connectivity index (χ3n) is 3.87. The number of ketones is 1. The number of rotatable bonds is 6. The van der Waals surface area contributed by atoms with Gasteiger partial charge in [0.1, 0.15) is 6.54 Å². The Morgan fingerprint density at radius 3 is 2.22 bits per heavy atom. The standard InChI is InChI=1S/C20H16N2O5/c23-17(13-27-19(25)12-22-11-10-18(24)21-20(22)26)16-8-6-15(7-9-16)14-4-2-1-3-5-14/h1-11H,12-13H2,(H,21,24,26). The van der Waals surface area contributed by atoms with Crippen molar-refractivity contribution in [1.29, 1.82) is 0 Å². The maximum absolute atomic E-state index is 12.2. The third kappa shape index (κ3) is 4.66. The van der Waals surface area contributed by atoms with E-state index in [4.69, 9.17) is 4.74 Å². The number of aromatic amines is 1. The van der Waals surface area contributed by atoms with E-state index < -0.39 is 30.4 Å². The summed E-state index contributed by atoms with van der Waals surface area (Å²) in [5.41, 5.74) is 1.15. The molecule has 1 N–H and O–H groups in total. The first-order chi connectivity index (χ1) is 13.0. The Morgan fingerprint density at radius 1 is 0.889 bits per heavy atom. The predicted molar refractivity (Wildman–Crippen MR) is 98.5 cm³/mol. The highest BCUT2D eigenvalue weighted by Crippen LogP contribution is 2.19. The fourth-order valence-corrected chi connectivity index (χ4v) is 2.46. The highest BCUT2D eigenvalue weighted by atomic mass is 16.5. The molecule has 0 bridgehead atoms. The zero-order valence-corrected chi connectivity index (χ0v) is 14.3. The second kappa shape index (κ2) is 8.09. The van der Waals surface area contributed by atoms with Crippen LogP contribution in [0.2, 0.25) is 0 Å². The second-order valence-corrected chi connectivity index (χ2v) is 5.77. The van der Waals surface area contributed by atoms with Gasteiger partial charge in [-0.15, -0.1) is 0 Å². The normalized spacial score (nSPS) is 10.4. The lowest BCUT2D eigenvalue weighted by Gasteiger charge is -2.07. The van der Waals surface area contributed by atoms with Crippen molar-refractivity contribution in [2.45, 2.75) is 6.54 Å². The highest BCUT2D eigenvalue weighted by molar-refractivity contribution is 5.98. The molecular formula is C20H16N2O5. The van der Waals surface area contributed by atoms with Gasteiger partial charge in [0.2, 0.25) is 0 Å². The van der Waals surface area contributed by atoms with E-state index in [0.29, 0.717) is 5.56 Å². The van der Waals surface area contributed by atoms with Gasteiger partial charge in [-0.2, -0.15) is 0 Å². The SMILES string of the molecule is O=C(Cn1ccc(=O)[nH]c1=O)OCC(=O)c1ccc(-c2ccccc2)cc1. The molecule has 0 spiro atoms. The molecule has 3 aromatic rings. The molecule has 7 nitrogen and oxygen atoms in total. The number of hydrogen-bond acceptors (Lipinski definition) is 5. The summed E-state index contributed by atoms with van der Waals surface area (Å²) in [6.45, 7) is -0.822. The van der Waals surface area contributed by atoms with Gasteiger partial charge in [0, 0.05) is 17.8 Å². The van der Waals surface area contributed by atoms with Gasteiger partial charge in [-0.3, -0.25) is 23.9 Å². The van der Waals surface area contributed by atoms with E-state index in [0.717, 1.165) is 21.8 Å². The van der Waals surface area contributed by atoms with Crippen LogP contribution in [0.15, 0.2) is 76.4 Å². The van der Waals surface area contributed by atoms with Crippen LogP contribution in [-0.2, 0) is 16.1 Å². The van der Waals surface area contributed by atoms with Gasteiger partial charge < -0.3 is 4.74 Å². The first kappa shape index (κ1) is 18.1. The highest BCUT2D eigenvalue weighted by Gasteiger charge is 2.11. The lowest BCUT2D eigenvalue weighted by atomic mass is 10.0. The van der Waals surface area contributed by atoms with Gasteiger partial charge in [-0.1, -0.05) is 54.6 Å². The number of aromatic nitrogens is 2. The van der Waals surface area contributed by atoms with Crippen molar-refractivity contribution in [1.82, 2.24) is 9.55 Å². The Labute approximate surface area is 153 Å². The number of hydrogen-bond donors (Lipinski definition) is 1. The van der Waals surface area contributed by atoms with Crippen LogP contribution in [0.5, 0.6) is 0 Å². The number of carbonyl (C=O) groups is 2. The van der Waals surface area contributed by atoms with E-state index in [-0.39, 0.29) is 5.78 Å². The monoisotopic (exact) mass is 364 g/mol. The van der Waals surface area contributed by atoms with Crippen LogP contribution in [0, 0.1) is 0 Å². The van der Waals surface area contributed by atoms with Gasteiger partial charge in [0.25, 0.3) is 5.56 Å². The Kier molecular flexibility index (Phi) is 5.41. The Hall–Kier alpha value is -3.74. The molecule has 3 rings (SSSR count). The minimum Gasteiger partial charge on any atom is -0.456 e. The van der Waals surface area contributed by atoms with Crippen LogP contribution in [0.3, 0.4) is 0 Å². The quantitative estimate of drug-likeness (QED) is 0.529. The Bertz CT molecular complexity index is 1070. The van der Waals surface area contributed by atoms with Crippen molar-refractivity contribution >= 4 is 11.8 Å². The minimum absolute atomic E-state index is 0.350. The lowest BCUT2D eigenvalue weighted by Crippen LogP contribution is -2.31. The fraction of sp³-hybridized carbons (Fsp3) is 0.100. The summed E-state index contributed by atoms with van der Waals surface area (Å²) in [6.07, 6.45) is 1.19. The molecule has 0 saturated carbocycles. The van der Waals surface area contributed by atoms with E-state index in [1.54, 1.807) is 12.1 Å². The summed E-state index contributed by atoms with van der Waals surface area (Å²) in [6, 6.07) is 17.8. The van der Waals surface area contributed by atoms with Crippen LogP contribution < -0.4 is 11.2 Å². The number of H-pyrrole nitrogens is 1. The fourth-order valence-electron chi connectivity index (χ4n) is 2.46. The van der Waals surface area contributed by atoms with Crippen molar-refractivity contribution in [2.75, 3.05) is 6.61 Å². The van der Waals surface area contributed by atoms with E-state index in [2.05, 4.69) is 0 Å². The molecule has 1 heterocycles. The molecule has 136 valence electrons. The summed E-state index contributed by atoms with van der Waals surface area (Å²) < 4.78 is 5.91. The average Bonchev–Trinajstić information content (AvgIpc) is 2.69. The smallest absolute Gasteiger partial charge is 0.328 e. The molecule has 0 fully saturated rings. The van der Waals surface area contributed by atoms with Crippen LogP contribution in [0.25, 0.3) is 11.1 Å². The number of nitrogens with one attached hydrogen (secondary N) is 1. The van der Waals surface area contributed by atoms with Crippen LogP contribution in [0.1, 0.15) is 10.4 Å². The van der Waals surface area contributed by atoms with Gasteiger partial charge in [0.15, 0.2) is 12.4 Å². The number of Topliss-reactive ketones (excluding diaryl/α,β-unsaturated/α-hetero) is 1. The molecule has 0 saturated heterocycles. The molecule has 0 radical (unpaired) electrons. The first-order valence-electron chi connectivity index (χ1n) is 8.17. The number of ether oxygens (including phenoxy) is 1. The van der Waals surface area contributed by atoms with E-state index in [9.17, 15) is 19.2 Å². The van der Waals surface area contributed by atoms with Crippen molar-refractivity contribution in [3.8, 4) is 11.1 Å². The molecule has 2 aromatic carbocycles. The number of esters is 1. The summed E-state index contributed by atoms with van der Waals surface area (Å²) in [5, 5.41) is 0. The maximum atomic E-state index is 12.2. The average molecular weight is 364 g/mol. The second-order valence-electron chi connectivity index (χ2n) is 5.77. The van der Waals surface area contributed by atoms with Gasteiger partial charge in [0.05, 0.1) is 0 Å². The van der Waals surface area contributed by atoms with Crippen molar-refractivity contribution in [3.63, 3.8) is 0 Å². The van der Waals surface area contributed by atoms with E-state index >= 15 is 0 Å². The number of benzene rings is 2. The van der Waals surface area contributed by atoms with E-state index in [1.165, 1.54) is 6.20 Å². The molecule has 0 aliphatic heterocycles. The van der Waals surface area contributed by atoms with Gasteiger partial charge in [-0.25, -0.2) is 4.79 Å². The van der Waals surface area contributed by atoms with Crippen LogP contribution in [-0.4, -0.2) is 27.9 Å². The van der Waals surface area contributed by atoms with Crippen LogP contribution >= 0.6 is 0 Å². The predicted octanol–water partition coefficient (Wildman–Crippen LogP) is 1.63. The Balaban J connectivity index is 1.58. The summed E-state index contributed by atoms with van der Waals surface area (Å²) in [7, 11) is 0. The van der Waals surface area contributed by atoms with Crippen molar-refractivity contribution in [3.05, 3.63) is 93.3 Å². The van der Waals surface area contributed by atoms with Crippen LogP contribution in [0.4, 0.5) is 0 Å². The molecule has 0 amide bonds. The summed E-state index contributed by atoms with van der Waals surface area (Å²) in [4.78, 5) is 48.5. The Morgan fingerprint density at radius 2 is 1.56 bits per heavy atom. The topological polar surface area (TPSA) is 98.2 Å². The van der Waals surface area contributed by atoms with Crippen molar-refractivity contribution < 1.29 is 14.3 Å². The molecular weight excluding hydrogens is 348 g/mol. The largest absolute Gasteiger partial charge is 0.456 e. The molecule has 0 atom stereocenters. The van der Waals surface area contributed by atoms with Gasteiger partial charge in [-0.05, 0) is 11.1 Å². The molecule has 1 aromatic heterocycles. The molecule has 27 heavy (non-hydrogen) atoms. The third-order valence-corrected chi connectivity index (χ3v) is 3.87.